The van der Waals surface area contributed by atoms with Gasteiger partial charge in [-0.2, -0.15) is 0 Å². The van der Waals surface area contributed by atoms with Crippen LogP contribution in [0.3, 0.4) is 0 Å². The molecule has 5 heterocycles. The van der Waals surface area contributed by atoms with Crippen molar-refractivity contribution >= 4 is 51.8 Å². The molecule has 0 bridgehead atoms. The zero-order valence-corrected chi connectivity index (χ0v) is 31.7. The predicted molar refractivity (Wildman–Crippen MR) is 238 cm³/mol. The molecule has 2 N–H and O–H groups in total. The first-order valence-corrected chi connectivity index (χ1v) is 19.4. The molecule has 0 fully saturated rings. The predicted octanol–water partition coefficient (Wildman–Crippen LogP) is 6.94. The molecule has 0 saturated carbocycles. The van der Waals surface area contributed by atoms with Crippen molar-refractivity contribution in [2.24, 2.45) is 15.0 Å². The van der Waals surface area contributed by atoms with Gasteiger partial charge in [0, 0.05) is 51.9 Å². The molecule has 0 aliphatic carbocycles. The Hall–Kier alpha value is -7.83. The highest BCUT2D eigenvalue weighted by molar-refractivity contribution is 6.58. The van der Waals surface area contributed by atoms with Gasteiger partial charge in [-0.25, -0.2) is 20.0 Å². The van der Waals surface area contributed by atoms with Crippen LogP contribution in [0, 0.1) is 0 Å². The SMILES string of the molecule is CCc1ccc(C2=NC(C3=CC(c4ccc(-c5nc(-c6ccccc6)nc6ccccc56)cc4)N=C(c4ccccc4)N3)N=C(C3=[N+]=C(C4=[N+]=CC=C4)C=C3)N2)cc1. The van der Waals surface area contributed by atoms with Crippen molar-refractivity contribution in [3.63, 3.8) is 0 Å². The van der Waals surface area contributed by atoms with E-state index >= 15 is 0 Å². The fourth-order valence-electron chi connectivity index (χ4n) is 7.33. The first-order valence-electron chi connectivity index (χ1n) is 19.4. The van der Waals surface area contributed by atoms with Crippen LogP contribution in [0.4, 0.5) is 0 Å². The number of hydrogen-bond donors (Lipinski definition) is 2. The number of fused-ring (bicyclic) bond motifs is 1. The molecule has 0 spiro atoms. The summed E-state index contributed by atoms with van der Waals surface area (Å²) in [5.41, 5.74) is 11.1. The van der Waals surface area contributed by atoms with Crippen LogP contribution in [-0.4, -0.2) is 57.0 Å². The highest BCUT2D eigenvalue weighted by Gasteiger charge is 2.35. The average molecular weight is 752 g/mol. The van der Waals surface area contributed by atoms with E-state index in [9.17, 15) is 0 Å². The zero-order valence-electron chi connectivity index (χ0n) is 31.7. The highest BCUT2D eigenvalue weighted by atomic mass is 15.2. The molecule has 5 aromatic carbocycles. The molecule has 4 aliphatic rings. The van der Waals surface area contributed by atoms with Crippen LogP contribution in [0.15, 0.2) is 185 Å². The average Bonchev–Trinajstić information content (AvgIpc) is 4.03. The maximum Gasteiger partial charge on any atom is 0.417 e. The molecule has 9 nitrogen and oxygen atoms in total. The summed E-state index contributed by atoms with van der Waals surface area (Å²) in [6, 6.07) is 45.2. The number of hydrogen-bond acceptors (Lipinski definition) is 7. The minimum atomic E-state index is -0.603. The topological polar surface area (TPSA) is 115 Å². The Balaban J connectivity index is 1.05. The van der Waals surface area contributed by atoms with E-state index in [1.54, 1.807) is 6.21 Å². The molecular weight excluding hydrogens is 715 g/mol. The van der Waals surface area contributed by atoms with Gasteiger partial charge >= 0.3 is 17.1 Å². The zero-order chi connectivity index (χ0) is 38.8. The minimum absolute atomic E-state index is 0.314. The van der Waals surface area contributed by atoms with Crippen molar-refractivity contribution in [2.45, 2.75) is 25.6 Å². The van der Waals surface area contributed by atoms with Gasteiger partial charge in [0.15, 0.2) is 12.0 Å². The maximum absolute atomic E-state index is 5.25. The number of aryl methyl sites for hydroxylation is 1. The lowest BCUT2D eigenvalue weighted by molar-refractivity contribution is 0.721. The van der Waals surface area contributed by atoms with E-state index < -0.39 is 6.17 Å². The van der Waals surface area contributed by atoms with Gasteiger partial charge in [0.05, 0.1) is 22.9 Å². The van der Waals surface area contributed by atoms with E-state index in [1.165, 1.54) is 5.56 Å². The molecule has 10 rings (SSSR count). The van der Waals surface area contributed by atoms with E-state index in [1.807, 2.05) is 91.0 Å². The van der Waals surface area contributed by atoms with E-state index in [-0.39, 0.29) is 6.04 Å². The van der Waals surface area contributed by atoms with Crippen LogP contribution in [0.25, 0.3) is 33.5 Å². The Labute approximate surface area is 335 Å². The standard InChI is InChI=1S/C49H37N9/c1-2-31-19-21-36(22-20-31)47-56-48(41-28-27-40(51-41)39-18-11-29-50-39)58-49(57-47)43-30-42(53-45(54-43)34-12-5-3-6-13-34)32-23-25-33(26-24-32)44-37-16-9-10-17-38(37)52-46(55-44)35-14-7-4-8-15-35/h3-30,42,49H,2H2,1H3,(H,53,54)(H,56,57,58)/q+2. The van der Waals surface area contributed by atoms with Gasteiger partial charge in [0.2, 0.25) is 5.84 Å². The van der Waals surface area contributed by atoms with Crippen LogP contribution in [0.2, 0.25) is 0 Å². The van der Waals surface area contributed by atoms with E-state index in [0.717, 1.165) is 73.8 Å². The Bertz CT molecular complexity index is 2920. The molecule has 6 aromatic rings. The maximum atomic E-state index is 5.25. The quantitative estimate of drug-likeness (QED) is 0.156. The second-order valence-corrected chi connectivity index (χ2v) is 14.2. The molecule has 2 atom stereocenters. The van der Waals surface area contributed by atoms with Gasteiger partial charge < -0.3 is 10.6 Å². The normalized spacial score (nSPS) is 18.1. The Morgan fingerprint density at radius 2 is 1.24 bits per heavy atom. The summed E-state index contributed by atoms with van der Waals surface area (Å²) in [7, 11) is 0. The summed E-state index contributed by atoms with van der Waals surface area (Å²) < 4.78 is 9.38. The number of para-hydroxylation sites is 1. The molecule has 276 valence electrons. The molecule has 4 aliphatic heterocycles. The van der Waals surface area contributed by atoms with Crippen molar-refractivity contribution in [1.29, 1.82) is 0 Å². The van der Waals surface area contributed by atoms with Gasteiger partial charge in [-0.05, 0) is 29.7 Å². The number of amidine groups is 3. The number of aliphatic imine (C=N–C) groups is 3. The number of rotatable bonds is 9. The van der Waals surface area contributed by atoms with Crippen LogP contribution < -0.4 is 20.0 Å². The monoisotopic (exact) mass is 751 g/mol. The third-order valence-electron chi connectivity index (χ3n) is 10.4. The van der Waals surface area contributed by atoms with Gasteiger partial charge in [-0.3, -0.25) is 4.99 Å². The number of nitrogens with one attached hydrogen (secondary N) is 2. The third-order valence-corrected chi connectivity index (χ3v) is 10.4. The second-order valence-electron chi connectivity index (χ2n) is 14.2. The fraction of sp³-hybridized carbons (Fsp3) is 0.0816. The van der Waals surface area contributed by atoms with Gasteiger partial charge in [-0.1, -0.05) is 144 Å². The van der Waals surface area contributed by atoms with E-state index in [0.29, 0.717) is 23.2 Å². The molecule has 58 heavy (non-hydrogen) atoms. The number of allylic oxidation sites excluding steroid dienone is 3. The molecule has 0 radical (unpaired) electrons. The van der Waals surface area contributed by atoms with E-state index in [2.05, 4.69) is 95.0 Å². The lowest BCUT2D eigenvalue weighted by Gasteiger charge is -2.27. The summed E-state index contributed by atoms with van der Waals surface area (Å²) in [5.74, 6) is 2.79. The minimum Gasteiger partial charge on any atom is -0.340 e. The number of aromatic nitrogens is 2. The Kier molecular flexibility index (Phi) is 8.97. The molecular formula is C49H37N9+2. The van der Waals surface area contributed by atoms with Crippen molar-refractivity contribution in [3.8, 4) is 22.6 Å². The second kappa shape index (κ2) is 15.0. The van der Waals surface area contributed by atoms with Crippen LogP contribution in [0.5, 0.6) is 0 Å². The first-order chi connectivity index (χ1) is 28.6. The van der Waals surface area contributed by atoms with Gasteiger partial charge in [0.1, 0.15) is 11.7 Å². The van der Waals surface area contributed by atoms with Crippen molar-refractivity contribution in [1.82, 2.24) is 29.9 Å². The third kappa shape index (κ3) is 6.84. The van der Waals surface area contributed by atoms with Crippen molar-refractivity contribution in [2.75, 3.05) is 0 Å². The highest BCUT2D eigenvalue weighted by Crippen LogP contribution is 2.32. The lowest BCUT2D eigenvalue weighted by atomic mass is 9.99. The molecule has 9 heteroatoms. The molecule has 0 saturated heterocycles. The summed E-state index contributed by atoms with van der Waals surface area (Å²) in [6.45, 7) is 2.16. The van der Waals surface area contributed by atoms with E-state index in [4.69, 9.17) is 29.6 Å². The summed E-state index contributed by atoms with van der Waals surface area (Å²) in [4.78, 5) is 25.7. The fourth-order valence-corrected chi connectivity index (χ4v) is 7.33. The van der Waals surface area contributed by atoms with Crippen LogP contribution in [-0.2, 0) is 6.42 Å². The van der Waals surface area contributed by atoms with Gasteiger partial charge in [0.25, 0.3) is 6.21 Å². The number of benzene rings is 5. The lowest BCUT2D eigenvalue weighted by Crippen LogP contribution is -2.44. The van der Waals surface area contributed by atoms with Gasteiger partial charge in [-0.15, -0.1) is 0 Å². The smallest absolute Gasteiger partial charge is 0.340 e. The van der Waals surface area contributed by atoms with Crippen LogP contribution in [0.1, 0.15) is 35.2 Å². The largest absolute Gasteiger partial charge is 0.417 e. The molecule has 1 aromatic heterocycles. The first kappa shape index (κ1) is 34.6. The molecule has 2 unspecified atom stereocenters. The Morgan fingerprint density at radius 1 is 0.569 bits per heavy atom. The molecule has 0 amide bonds. The summed E-state index contributed by atoms with van der Waals surface area (Å²) in [6.07, 6.45) is 12.1. The van der Waals surface area contributed by atoms with Crippen molar-refractivity contribution < 1.29 is 0 Å². The summed E-state index contributed by atoms with van der Waals surface area (Å²) in [5, 5.41) is 8.14. The summed E-state index contributed by atoms with van der Waals surface area (Å²) >= 11 is 0. The van der Waals surface area contributed by atoms with Crippen LogP contribution >= 0.6 is 0 Å². The number of nitrogens with zero attached hydrogens (tertiary/aromatic N) is 7. The Morgan fingerprint density at radius 3 is 2.00 bits per heavy atom. The van der Waals surface area contributed by atoms with Crippen molar-refractivity contribution in [3.05, 3.63) is 192 Å².